The molecular formula is C18H20N8O5S2. The molecule has 0 bridgehead atoms. The topological polar surface area (TPSA) is 232 Å². The number of para-hydroxylation sites is 1. The van der Waals surface area contributed by atoms with Crippen molar-refractivity contribution in [2.45, 2.75) is 15.9 Å². The van der Waals surface area contributed by atoms with Gasteiger partial charge in [-0.3, -0.25) is 0 Å². The van der Waals surface area contributed by atoms with E-state index in [1.54, 1.807) is 18.2 Å². The number of primary sulfonamides is 1. The number of nitrogen functional groups attached to an aromatic ring is 1. The lowest BCUT2D eigenvalue weighted by Crippen LogP contribution is -2.30. The lowest BCUT2D eigenvalue weighted by Gasteiger charge is -2.18. The minimum Gasteiger partial charge on any atom is -0.391 e. The predicted octanol–water partition coefficient (Wildman–Crippen LogP) is -0.277. The minimum atomic E-state index is -4.63. The van der Waals surface area contributed by atoms with Crippen molar-refractivity contribution in [1.82, 2.24) is 9.97 Å². The molecule has 4 rings (SSSR count). The summed E-state index contributed by atoms with van der Waals surface area (Å²) in [5.74, 6) is -0.769. The zero-order valence-corrected chi connectivity index (χ0v) is 18.6. The minimum absolute atomic E-state index is 0.0682. The SMILES string of the molecule is NC[C@@H](O)CS(=O)(=O)c1ccc(-c2cccc3[nH]c(N)nc23)c(C2=NCN=N2)c1S(N)(=O)=O. The predicted molar refractivity (Wildman–Crippen MR) is 121 cm³/mol. The number of imidazole rings is 1. The van der Waals surface area contributed by atoms with Crippen LogP contribution < -0.4 is 16.6 Å². The molecule has 2 aromatic carbocycles. The summed E-state index contributed by atoms with van der Waals surface area (Å²) in [4.78, 5) is 9.93. The molecule has 1 aliphatic rings. The van der Waals surface area contributed by atoms with Crippen molar-refractivity contribution in [2.24, 2.45) is 26.1 Å². The molecular weight excluding hydrogens is 472 g/mol. The average Bonchev–Trinajstić information content (AvgIpc) is 3.40. The van der Waals surface area contributed by atoms with Crippen molar-refractivity contribution in [3.8, 4) is 11.1 Å². The first-order chi connectivity index (χ1) is 15.5. The van der Waals surface area contributed by atoms with Crippen LogP contribution in [-0.4, -0.2) is 62.8 Å². The normalized spacial score (nSPS) is 15.2. The first kappa shape index (κ1) is 22.9. The molecule has 0 aliphatic carbocycles. The van der Waals surface area contributed by atoms with Crippen molar-refractivity contribution in [1.29, 1.82) is 0 Å². The van der Waals surface area contributed by atoms with Gasteiger partial charge in [-0.2, -0.15) is 5.11 Å². The highest BCUT2D eigenvalue weighted by atomic mass is 32.2. The molecule has 8 N–H and O–H groups in total. The maximum absolute atomic E-state index is 13.0. The van der Waals surface area contributed by atoms with E-state index >= 15 is 0 Å². The van der Waals surface area contributed by atoms with E-state index in [-0.39, 0.29) is 36.1 Å². The van der Waals surface area contributed by atoms with E-state index in [9.17, 15) is 21.9 Å². The lowest BCUT2D eigenvalue weighted by atomic mass is 9.97. The number of aliphatic imine (C=N–C) groups is 1. The highest BCUT2D eigenvalue weighted by molar-refractivity contribution is 7.93. The van der Waals surface area contributed by atoms with Gasteiger partial charge in [-0.1, -0.05) is 18.2 Å². The summed E-state index contributed by atoms with van der Waals surface area (Å²) in [7, 11) is -8.97. The number of nitrogens with zero attached hydrogens (tertiary/aromatic N) is 4. The van der Waals surface area contributed by atoms with Crippen LogP contribution >= 0.6 is 0 Å². The molecule has 33 heavy (non-hydrogen) atoms. The van der Waals surface area contributed by atoms with E-state index in [1.807, 2.05) is 0 Å². The van der Waals surface area contributed by atoms with Crippen LogP contribution in [0, 0.1) is 0 Å². The van der Waals surface area contributed by atoms with Gasteiger partial charge in [0.15, 0.2) is 28.3 Å². The number of aromatic nitrogens is 2. The Morgan fingerprint density at radius 1 is 1.12 bits per heavy atom. The number of benzene rings is 2. The smallest absolute Gasteiger partial charge is 0.240 e. The molecule has 0 radical (unpaired) electrons. The first-order valence-corrected chi connectivity index (χ1v) is 12.7. The van der Waals surface area contributed by atoms with E-state index in [1.165, 1.54) is 6.07 Å². The van der Waals surface area contributed by atoms with Crippen molar-refractivity contribution in [2.75, 3.05) is 24.7 Å². The summed E-state index contributed by atoms with van der Waals surface area (Å²) >= 11 is 0. The molecule has 0 spiro atoms. The molecule has 0 amide bonds. The Bertz CT molecular complexity index is 1530. The number of nitrogens with one attached hydrogen (secondary N) is 1. The van der Waals surface area contributed by atoms with Gasteiger partial charge in [0.2, 0.25) is 10.0 Å². The summed E-state index contributed by atoms with van der Waals surface area (Å²) in [5.41, 5.74) is 12.7. The van der Waals surface area contributed by atoms with Crippen LogP contribution in [0.3, 0.4) is 0 Å². The summed E-state index contributed by atoms with van der Waals surface area (Å²) < 4.78 is 51.6. The van der Waals surface area contributed by atoms with E-state index in [0.29, 0.717) is 16.6 Å². The Labute approximate surface area is 188 Å². The molecule has 0 fully saturated rings. The largest absolute Gasteiger partial charge is 0.391 e. The molecule has 15 heteroatoms. The second-order valence-electron chi connectivity index (χ2n) is 7.22. The molecule has 1 aromatic heterocycles. The fraction of sp³-hybridized carbons (Fsp3) is 0.222. The molecule has 0 saturated carbocycles. The monoisotopic (exact) mass is 492 g/mol. The number of aromatic amines is 1. The Kier molecular flexibility index (Phi) is 5.75. The Balaban J connectivity index is 2.11. The zero-order valence-electron chi connectivity index (χ0n) is 17.0. The molecule has 174 valence electrons. The molecule has 13 nitrogen and oxygen atoms in total. The third kappa shape index (κ3) is 4.23. The van der Waals surface area contributed by atoms with Crippen LogP contribution in [-0.2, 0) is 19.9 Å². The molecule has 0 saturated heterocycles. The highest BCUT2D eigenvalue weighted by Gasteiger charge is 2.33. The van der Waals surface area contributed by atoms with Gasteiger partial charge in [-0.25, -0.2) is 32.0 Å². The third-order valence-corrected chi connectivity index (χ3v) is 7.88. The number of aliphatic hydroxyl groups is 1. The van der Waals surface area contributed by atoms with Gasteiger partial charge in [0.05, 0.1) is 33.3 Å². The van der Waals surface area contributed by atoms with E-state index in [0.717, 1.165) is 6.07 Å². The highest BCUT2D eigenvalue weighted by Crippen LogP contribution is 2.37. The quantitative estimate of drug-likeness (QED) is 0.293. The molecule has 1 atom stereocenters. The van der Waals surface area contributed by atoms with Crippen LogP contribution in [0.2, 0.25) is 0 Å². The van der Waals surface area contributed by atoms with Gasteiger partial charge in [0.1, 0.15) is 4.90 Å². The van der Waals surface area contributed by atoms with Gasteiger partial charge >= 0.3 is 0 Å². The lowest BCUT2D eigenvalue weighted by molar-refractivity contribution is 0.205. The van der Waals surface area contributed by atoms with Gasteiger partial charge in [0.25, 0.3) is 0 Å². The third-order valence-electron chi connectivity index (χ3n) is 4.92. The first-order valence-electron chi connectivity index (χ1n) is 9.50. The second kappa shape index (κ2) is 8.27. The number of H-pyrrole nitrogens is 1. The van der Waals surface area contributed by atoms with Gasteiger partial charge in [0, 0.05) is 12.1 Å². The fourth-order valence-electron chi connectivity index (χ4n) is 3.57. The molecule has 0 unspecified atom stereocenters. The fourth-order valence-corrected chi connectivity index (χ4v) is 6.62. The number of nitrogens with two attached hydrogens (primary N) is 3. The van der Waals surface area contributed by atoms with Gasteiger partial charge in [-0.15, -0.1) is 5.11 Å². The van der Waals surface area contributed by atoms with Crippen LogP contribution in [0.25, 0.3) is 22.2 Å². The number of sulfone groups is 1. The molecule has 3 aromatic rings. The summed E-state index contributed by atoms with van der Waals surface area (Å²) in [6.45, 7) is -0.403. The van der Waals surface area contributed by atoms with E-state index < -0.39 is 41.5 Å². The maximum Gasteiger partial charge on any atom is 0.240 e. The number of aliphatic hydroxyl groups excluding tert-OH is 1. The summed E-state index contributed by atoms with van der Waals surface area (Å²) in [6, 6.07) is 7.59. The molecule has 2 heterocycles. The number of sulfonamides is 1. The number of hydrogen-bond donors (Lipinski definition) is 5. The number of fused-ring (bicyclic) bond motifs is 1. The number of azo groups is 1. The number of rotatable bonds is 7. The number of amidine groups is 1. The van der Waals surface area contributed by atoms with Crippen LogP contribution in [0.15, 0.2) is 55.3 Å². The Morgan fingerprint density at radius 3 is 2.52 bits per heavy atom. The van der Waals surface area contributed by atoms with Crippen LogP contribution in [0.4, 0.5) is 5.95 Å². The van der Waals surface area contributed by atoms with Crippen LogP contribution in [0.5, 0.6) is 0 Å². The van der Waals surface area contributed by atoms with Gasteiger partial charge < -0.3 is 21.6 Å². The van der Waals surface area contributed by atoms with E-state index in [4.69, 9.17) is 16.6 Å². The maximum atomic E-state index is 13.0. The van der Waals surface area contributed by atoms with Crippen molar-refractivity contribution in [3.05, 3.63) is 35.9 Å². The number of anilines is 1. The van der Waals surface area contributed by atoms with Crippen molar-refractivity contribution in [3.63, 3.8) is 0 Å². The van der Waals surface area contributed by atoms with Crippen LogP contribution in [0.1, 0.15) is 5.56 Å². The molecule has 1 aliphatic heterocycles. The van der Waals surface area contributed by atoms with Crippen molar-refractivity contribution < 1.29 is 21.9 Å². The van der Waals surface area contributed by atoms with Gasteiger partial charge in [-0.05, 0) is 17.7 Å². The zero-order chi connectivity index (χ0) is 24.0. The summed E-state index contributed by atoms with van der Waals surface area (Å²) in [5, 5.41) is 23.0. The number of hydrogen-bond acceptors (Lipinski definition) is 11. The standard InChI is InChI=1S/C18H20N8O5S2/c19-6-9(27)7-32(28,29)13-5-4-10(11-2-1-3-12-15(11)25-18(20)24-12)14(16(13)33(21,30)31)17-22-8-23-26-17/h1-5,9,27H,6-8,19H2,(H3,20,24,25)(H2,21,30,31)/t9-/m1/s1. The Hall–Kier alpha value is -3.24. The average molecular weight is 493 g/mol. The van der Waals surface area contributed by atoms with Crippen molar-refractivity contribution >= 4 is 42.7 Å². The summed E-state index contributed by atoms with van der Waals surface area (Å²) in [6.07, 6.45) is -1.41. The second-order valence-corrected chi connectivity index (χ2v) is 10.7. The van der Waals surface area contributed by atoms with E-state index in [2.05, 4.69) is 25.2 Å². The Morgan fingerprint density at radius 2 is 1.88 bits per heavy atom.